The lowest BCUT2D eigenvalue weighted by Crippen LogP contribution is -2.40. The predicted octanol–water partition coefficient (Wildman–Crippen LogP) is 3.30. The molecule has 4 nitrogen and oxygen atoms in total. The summed E-state index contributed by atoms with van der Waals surface area (Å²) in [5, 5.41) is 5.25. The first-order valence-electron chi connectivity index (χ1n) is 8.17. The molecule has 0 aliphatic carbocycles. The van der Waals surface area contributed by atoms with Gasteiger partial charge in [-0.2, -0.15) is 0 Å². The zero-order valence-electron chi connectivity index (χ0n) is 14.1. The molecule has 1 heterocycles. The molecule has 2 aromatic carbocycles. The van der Waals surface area contributed by atoms with Crippen molar-refractivity contribution in [3.63, 3.8) is 0 Å². The van der Waals surface area contributed by atoms with Gasteiger partial charge >= 0.3 is 0 Å². The highest BCUT2D eigenvalue weighted by atomic mass is 35.5. The highest BCUT2D eigenvalue weighted by Crippen LogP contribution is 2.25. The number of halogens is 3. The van der Waals surface area contributed by atoms with E-state index in [4.69, 9.17) is 4.74 Å². The van der Waals surface area contributed by atoms with Crippen LogP contribution in [0.4, 0.5) is 8.78 Å². The third-order valence-electron chi connectivity index (χ3n) is 4.09. The molecule has 1 amide bonds. The van der Waals surface area contributed by atoms with E-state index in [0.29, 0.717) is 12.4 Å². The van der Waals surface area contributed by atoms with Crippen molar-refractivity contribution in [1.82, 2.24) is 10.6 Å². The maximum absolute atomic E-state index is 13.2. The molecule has 0 bridgehead atoms. The summed E-state index contributed by atoms with van der Waals surface area (Å²) < 4.78 is 32.2. The first kappa shape index (κ1) is 20.1. The summed E-state index contributed by atoms with van der Waals surface area (Å²) in [6.07, 6.45) is -0.467. The van der Waals surface area contributed by atoms with Crippen LogP contribution in [0, 0.1) is 0 Å². The fourth-order valence-corrected chi connectivity index (χ4v) is 2.73. The van der Waals surface area contributed by atoms with Gasteiger partial charge in [-0.25, -0.2) is 8.78 Å². The number of para-hydroxylation sites is 1. The normalized spacial score (nSPS) is 18.0. The van der Waals surface area contributed by atoms with E-state index in [2.05, 4.69) is 10.6 Å². The number of benzene rings is 2. The first-order valence-corrected chi connectivity index (χ1v) is 8.17. The number of carbonyl (C=O) groups is 1. The van der Waals surface area contributed by atoms with Crippen LogP contribution in [-0.4, -0.2) is 24.4 Å². The van der Waals surface area contributed by atoms with Gasteiger partial charge in [0, 0.05) is 18.5 Å². The lowest BCUT2D eigenvalue weighted by molar-refractivity contribution is -0.123. The zero-order valence-corrected chi connectivity index (χ0v) is 14.9. The molecule has 1 aliphatic heterocycles. The monoisotopic (exact) mass is 382 g/mol. The van der Waals surface area contributed by atoms with Crippen LogP contribution in [0.5, 0.6) is 5.75 Å². The second-order valence-electron chi connectivity index (χ2n) is 6.09. The maximum atomic E-state index is 13.2. The van der Waals surface area contributed by atoms with Gasteiger partial charge in [0.25, 0.3) is 5.92 Å². The molecule has 1 unspecified atom stereocenters. The van der Waals surface area contributed by atoms with E-state index in [1.165, 1.54) is 0 Å². The first-order chi connectivity index (χ1) is 12.0. The summed E-state index contributed by atoms with van der Waals surface area (Å²) in [5.41, 5.74) is 1.84. The van der Waals surface area contributed by atoms with Crippen molar-refractivity contribution in [1.29, 1.82) is 0 Å². The van der Waals surface area contributed by atoms with Gasteiger partial charge in [-0.05, 0) is 11.6 Å². The van der Waals surface area contributed by atoms with Crippen molar-refractivity contribution >= 4 is 18.3 Å². The van der Waals surface area contributed by atoms with E-state index in [-0.39, 0.29) is 19.0 Å². The Balaban J connectivity index is 0.00000243. The van der Waals surface area contributed by atoms with Gasteiger partial charge in [0.15, 0.2) is 0 Å². The van der Waals surface area contributed by atoms with E-state index in [1.807, 2.05) is 54.6 Å². The van der Waals surface area contributed by atoms with Crippen molar-refractivity contribution in [2.45, 2.75) is 31.5 Å². The smallest absolute Gasteiger partial charge is 0.262 e. The molecule has 1 saturated heterocycles. The number of nitrogens with one attached hydrogen (secondary N) is 2. The lowest BCUT2D eigenvalue weighted by Gasteiger charge is -2.14. The molecule has 2 N–H and O–H groups in total. The summed E-state index contributed by atoms with van der Waals surface area (Å²) in [6, 6.07) is 16.3. The van der Waals surface area contributed by atoms with Crippen LogP contribution in [0.25, 0.3) is 0 Å². The third kappa shape index (κ3) is 5.41. The highest BCUT2D eigenvalue weighted by molar-refractivity contribution is 5.85. The zero-order chi connectivity index (χ0) is 17.7. The van der Waals surface area contributed by atoms with Gasteiger partial charge in [0.1, 0.15) is 12.4 Å². The topological polar surface area (TPSA) is 50.4 Å². The molecule has 1 atom stereocenters. The van der Waals surface area contributed by atoms with Gasteiger partial charge in [0.05, 0.1) is 12.6 Å². The maximum Gasteiger partial charge on any atom is 0.262 e. The summed E-state index contributed by atoms with van der Waals surface area (Å²) in [5.74, 6) is -2.58. The van der Waals surface area contributed by atoms with Crippen molar-refractivity contribution in [2.24, 2.45) is 0 Å². The molecule has 7 heteroatoms. The fraction of sp³-hybridized carbons (Fsp3) is 0.316. The molecular weight excluding hydrogens is 362 g/mol. The van der Waals surface area contributed by atoms with Crippen LogP contribution in [0.2, 0.25) is 0 Å². The largest absolute Gasteiger partial charge is 0.489 e. The Morgan fingerprint density at radius 3 is 2.54 bits per heavy atom. The third-order valence-corrected chi connectivity index (χ3v) is 4.09. The Bertz CT molecular complexity index is 728. The van der Waals surface area contributed by atoms with Crippen molar-refractivity contribution in [3.05, 3.63) is 65.7 Å². The summed E-state index contributed by atoms with van der Waals surface area (Å²) in [6.45, 7) is 0.192. The average Bonchev–Trinajstić information content (AvgIpc) is 2.99. The minimum absolute atomic E-state index is 0. The van der Waals surface area contributed by atoms with Crippen LogP contribution >= 0.6 is 12.4 Å². The van der Waals surface area contributed by atoms with Gasteiger partial charge in [-0.3, -0.25) is 10.1 Å². The van der Waals surface area contributed by atoms with Crippen LogP contribution in [-0.2, 0) is 17.9 Å². The van der Waals surface area contributed by atoms with Gasteiger partial charge in [0.2, 0.25) is 5.91 Å². The van der Waals surface area contributed by atoms with Crippen molar-refractivity contribution < 1.29 is 18.3 Å². The number of amides is 1. The van der Waals surface area contributed by atoms with Gasteiger partial charge in [-0.15, -0.1) is 12.4 Å². The molecule has 2 aromatic rings. The molecule has 3 rings (SSSR count). The Morgan fingerprint density at radius 1 is 1.15 bits per heavy atom. The molecule has 1 fully saturated rings. The second kappa shape index (κ2) is 8.96. The van der Waals surface area contributed by atoms with E-state index >= 15 is 0 Å². The standard InChI is InChI=1S/C19H20F2N2O2.ClH/c20-19(21)10-16(23-13-19)18(24)22-11-15-8-4-5-9-17(15)25-12-14-6-2-1-3-7-14;/h1-9,16,23H,10-13H2,(H,22,24);1H. The second-order valence-corrected chi connectivity index (χ2v) is 6.09. The Hall–Kier alpha value is -2.18. The number of rotatable bonds is 6. The molecule has 0 saturated carbocycles. The molecule has 140 valence electrons. The predicted molar refractivity (Wildman–Crippen MR) is 97.7 cm³/mol. The summed E-state index contributed by atoms with van der Waals surface area (Å²) in [4.78, 5) is 12.0. The SMILES string of the molecule is Cl.O=C(NCc1ccccc1OCc1ccccc1)C1CC(F)(F)CN1. The fourth-order valence-electron chi connectivity index (χ4n) is 2.73. The Labute approximate surface area is 157 Å². The minimum atomic E-state index is -2.82. The summed E-state index contributed by atoms with van der Waals surface area (Å²) >= 11 is 0. The average molecular weight is 383 g/mol. The van der Waals surface area contributed by atoms with E-state index < -0.39 is 30.8 Å². The highest BCUT2D eigenvalue weighted by Gasteiger charge is 2.42. The number of hydrogen-bond acceptors (Lipinski definition) is 3. The molecule has 0 spiro atoms. The molecule has 0 aromatic heterocycles. The van der Waals surface area contributed by atoms with Crippen LogP contribution < -0.4 is 15.4 Å². The molecule has 26 heavy (non-hydrogen) atoms. The Morgan fingerprint density at radius 2 is 1.85 bits per heavy atom. The number of hydrogen-bond donors (Lipinski definition) is 2. The molecular formula is C19H21ClF2N2O2. The van der Waals surface area contributed by atoms with Crippen LogP contribution in [0.3, 0.4) is 0 Å². The van der Waals surface area contributed by atoms with Crippen molar-refractivity contribution in [2.75, 3.05) is 6.54 Å². The number of ether oxygens (including phenoxy) is 1. The van der Waals surface area contributed by atoms with Crippen LogP contribution in [0.1, 0.15) is 17.5 Å². The summed E-state index contributed by atoms with van der Waals surface area (Å²) in [7, 11) is 0. The lowest BCUT2D eigenvalue weighted by atomic mass is 10.1. The molecule has 1 aliphatic rings. The number of carbonyl (C=O) groups excluding carboxylic acids is 1. The quantitative estimate of drug-likeness (QED) is 0.806. The van der Waals surface area contributed by atoms with E-state index in [0.717, 1.165) is 11.1 Å². The Kier molecular flexibility index (Phi) is 6.94. The van der Waals surface area contributed by atoms with Crippen LogP contribution in [0.15, 0.2) is 54.6 Å². The number of alkyl halides is 2. The van der Waals surface area contributed by atoms with E-state index in [1.54, 1.807) is 0 Å². The van der Waals surface area contributed by atoms with Crippen molar-refractivity contribution in [3.8, 4) is 5.75 Å². The molecule has 0 radical (unpaired) electrons. The van der Waals surface area contributed by atoms with E-state index in [9.17, 15) is 13.6 Å². The van der Waals surface area contributed by atoms with Gasteiger partial charge in [-0.1, -0.05) is 48.5 Å². The minimum Gasteiger partial charge on any atom is -0.489 e. The van der Waals surface area contributed by atoms with Gasteiger partial charge < -0.3 is 10.1 Å².